The average Bonchev–Trinajstić information content (AvgIpc) is 2.65. The first-order valence-corrected chi connectivity index (χ1v) is 7.15. The van der Waals surface area contributed by atoms with Gasteiger partial charge in [-0.1, -0.05) is 6.92 Å². The van der Waals surface area contributed by atoms with Crippen molar-refractivity contribution >= 4 is 11.4 Å². The Morgan fingerprint density at radius 2 is 2.04 bits per heavy atom. The van der Waals surface area contributed by atoms with Crippen molar-refractivity contribution in [2.45, 2.75) is 19.5 Å². The molecule has 0 saturated carbocycles. The molecule has 0 aromatic carbocycles. The van der Waals surface area contributed by atoms with Crippen LogP contribution in [0.15, 0.2) is 42.4 Å². The number of aryl methyl sites for hydroxylation is 1. The Hall–Kier alpha value is -2.63. The topological polar surface area (TPSA) is 51.8 Å². The van der Waals surface area contributed by atoms with Crippen molar-refractivity contribution < 1.29 is 13.2 Å². The zero-order valence-electron chi connectivity index (χ0n) is 12.4. The molecule has 2 aromatic heterocycles. The SMILES string of the molecule is CCc1nc(N)ccc1C1=C(F)C=CC(F)c2cc(F)cnc21. The third-order valence-electron chi connectivity index (χ3n) is 3.67. The fourth-order valence-corrected chi connectivity index (χ4v) is 2.61. The second kappa shape index (κ2) is 5.87. The Balaban J connectivity index is 2.30. The van der Waals surface area contributed by atoms with Crippen molar-refractivity contribution in [3.8, 4) is 0 Å². The minimum atomic E-state index is -1.64. The van der Waals surface area contributed by atoms with Crippen molar-refractivity contribution in [1.29, 1.82) is 0 Å². The van der Waals surface area contributed by atoms with Gasteiger partial charge in [-0.3, -0.25) is 4.98 Å². The van der Waals surface area contributed by atoms with Crippen LogP contribution < -0.4 is 5.73 Å². The molecule has 3 nitrogen and oxygen atoms in total. The molecule has 0 bridgehead atoms. The fourth-order valence-electron chi connectivity index (χ4n) is 2.61. The molecule has 2 aromatic rings. The number of nitrogens with zero attached hydrogens (tertiary/aromatic N) is 2. The van der Waals surface area contributed by atoms with E-state index in [1.165, 1.54) is 0 Å². The molecule has 2 N–H and O–H groups in total. The quantitative estimate of drug-likeness (QED) is 0.908. The predicted molar refractivity (Wildman–Crippen MR) is 82.3 cm³/mol. The molecule has 1 atom stereocenters. The molecule has 1 unspecified atom stereocenters. The van der Waals surface area contributed by atoms with E-state index >= 15 is 0 Å². The number of aromatic nitrogens is 2. The van der Waals surface area contributed by atoms with Gasteiger partial charge in [0.15, 0.2) is 0 Å². The van der Waals surface area contributed by atoms with E-state index in [0.717, 1.165) is 24.4 Å². The van der Waals surface area contributed by atoms with Gasteiger partial charge in [-0.2, -0.15) is 0 Å². The summed E-state index contributed by atoms with van der Waals surface area (Å²) in [6.07, 6.45) is 1.90. The van der Waals surface area contributed by atoms with E-state index in [1.807, 2.05) is 6.92 Å². The van der Waals surface area contributed by atoms with Crippen molar-refractivity contribution in [3.05, 3.63) is 70.7 Å². The summed E-state index contributed by atoms with van der Waals surface area (Å²) >= 11 is 0. The van der Waals surface area contributed by atoms with Crippen molar-refractivity contribution in [2.24, 2.45) is 0 Å². The maximum absolute atomic E-state index is 14.6. The first-order chi connectivity index (χ1) is 11.0. The van der Waals surface area contributed by atoms with Gasteiger partial charge in [-0.05, 0) is 36.8 Å². The number of alkyl halides is 1. The summed E-state index contributed by atoms with van der Waals surface area (Å²) in [4.78, 5) is 8.12. The largest absolute Gasteiger partial charge is 0.384 e. The first-order valence-electron chi connectivity index (χ1n) is 7.15. The molecule has 1 aliphatic carbocycles. The number of nitrogens with two attached hydrogens (primary N) is 1. The minimum Gasteiger partial charge on any atom is -0.384 e. The number of hydrogen-bond acceptors (Lipinski definition) is 3. The lowest BCUT2D eigenvalue weighted by molar-refractivity contribution is 0.411. The van der Waals surface area contributed by atoms with Gasteiger partial charge in [0.1, 0.15) is 23.6 Å². The molecule has 0 amide bonds. The molecule has 0 saturated heterocycles. The summed E-state index contributed by atoms with van der Waals surface area (Å²) in [5.41, 5.74) is 6.87. The monoisotopic (exact) mass is 317 g/mol. The third-order valence-corrected chi connectivity index (χ3v) is 3.67. The summed E-state index contributed by atoms with van der Waals surface area (Å²) in [7, 11) is 0. The van der Waals surface area contributed by atoms with Crippen LogP contribution in [0.4, 0.5) is 19.0 Å². The lowest BCUT2D eigenvalue weighted by atomic mass is 9.95. The van der Waals surface area contributed by atoms with E-state index < -0.39 is 17.8 Å². The zero-order chi connectivity index (χ0) is 16.6. The summed E-state index contributed by atoms with van der Waals surface area (Å²) in [6.45, 7) is 1.85. The van der Waals surface area contributed by atoms with E-state index in [-0.39, 0.29) is 16.8 Å². The Morgan fingerprint density at radius 3 is 2.78 bits per heavy atom. The standard InChI is InChI=1S/C17H14F3N3/c1-2-14-10(3-6-15(21)23-14)16-13(20)5-4-12(19)11-7-9(18)8-22-17(11)16/h3-8,12H,2H2,1H3,(H2,21,23). The number of rotatable bonds is 2. The number of halogens is 3. The average molecular weight is 317 g/mol. The molecular weight excluding hydrogens is 303 g/mol. The molecule has 0 fully saturated rings. The van der Waals surface area contributed by atoms with Gasteiger partial charge in [0.2, 0.25) is 0 Å². The van der Waals surface area contributed by atoms with Gasteiger partial charge in [-0.25, -0.2) is 18.2 Å². The minimum absolute atomic E-state index is 0.0113. The Morgan fingerprint density at radius 1 is 1.26 bits per heavy atom. The van der Waals surface area contributed by atoms with E-state index in [2.05, 4.69) is 9.97 Å². The summed E-state index contributed by atoms with van der Waals surface area (Å²) in [5.74, 6) is -1.01. The van der Waals surface area contributed by atoms with Crippen molar-refractivity contribution in [3.63, 3.8) is 0 Å². The van der Waals surface area contributed by atoms with Crippen LogP contribution in [0.25, 0.3) is 5.57 Å². The Labute approximate surface area is 131 Å². The summed E-state index contributed by atoms with van der Waals surface area (Å²) in [5, 5.41) is 0. The van der Waals surface area contributed by atoms with Gasteiger partial charge in [0.05, 0.1) is 17.6 Å². The second-order valence-corrected chi connectivity index (χ2v) is 5.16. The van der Waals surface area contributed by atoms with Crippen LogP contribution in [0.5, 0.6) is 0 Å². The van der Waals surface area contributed by atoms with Gasteiger partial charge >= 0.3 is 0 Å². The Kier molecular flexibility index (Phi) is 3.90. The normalized spacial score (nSPS) is 17.1. The lowest BCUT2D eigenvalue weighted by Crippen LogP contribution is -2.05. The highest BCUT2D eigenvalue weighted by atomic mass is 19.1. The molecule has 0 spiro atoms. The van der Waals surface area contributed by atoms with Gasteiger partial charge in [0.25, 0.3) is 0 Å². The molecule has 0 aliphatic heterocycles. The molecule has 2 heterocycles. The number of hydrogen-bond donors (Lipinski definition) is 1. The molecule has 23 heavy (non-hydrogen) atoms. The predicted octanol–water partition coefficient (Wildman–Crippen LogP) is 4.07. The molecular formula is C17H14F3N3. The number of anilines is 1. The van der Waals surface area contributed by atoms with Gasteiger partial charge in [-0.15, -0.1) is 0 Å². The van der Waals surface area contributed by atoms with Gasteiger partial charge < -0.3 is 5.73 Å². The van der Waals surface area contributed by atoms with Crippen LogP contribution in [0.3, 0.4) is 0 Å². The van der Waals surface area contributed by atoms with Crippen LogP contribution in [0, 0.1) is 5.82 Å². The van der Waals surface area contributed by atoms with Crippen LogP contribution in [-0.2, 0) is 6.42 Å². The van der Waals surface area contributed by atoms with E-state index in [4.69, 9.17) is 5.73 Å². The molecule has 3 rings (SSSR count). The van der Waals surface area contributed by atoms with E-state index in [0.29, 0.717) is 23.5 Å². The molecule has 6 heteroatoms. The Bertz CT molecular complexity index is 828. The van der Waals surface area contributed by atoms with Crippen LogP contribution in [0.1, 0.15) is 35.6 Å². The smallest absolute Gasteiger partial charge is 0.146 e. The van der Waals surface area contributed by atoms with Crippen LogP contribution >= 0.6 is 0 Å². The fraction of sp³-hybridized carbons (Fsp3) is 0.176. The molecule has 118 valence electrons. The highest BCUT2D eigenvalue weighted by molar-refractivity contribution is 5.84. The number of pyridine rings is 2. The summed E-state index contributed by atoms with van der Waals surface area (Å²) in [6, 6.07) is 4.20. The highest BCUT2D eigenvalue weighted by Gasteiger charge is 2.25. The number of fused-ring (bicyclic) bond motifs is 1. The maximum Gasteiger partial charge on any atom is 0.146 e. The van der Waals surface area contributed by atoms with Crippen LogP contribution in [-0.4, -0.2) is 9.97 Å². The highest BCUT2D eigenvalue weighted by Crippen LogP contribution is 2.38. The van der Waals surface area contributed by atoms with Crippen molar-refractivity contribution in [2.75, 3.05) is 5.73 Å². The molecule has 1 aliphatic rings. The first kappa shape index (κ1) is 15.3. The second-order valence-electron chi connectivity index (χ2n) is 5.16. The number of allylic oxidation sites excluding steroid dienone is 3. The van der Waals surface area contributed by atoms with Crippen molar-refractivity contribution in [1.82, 2.24) is 9.97 Å². The van der Waals surface area contributed by atoms with E-state index in [1.54, 1.807) is 12.1 Å². The maximum atomic E-state index is 14.6. The van der Waals surface area contributed by atoms with E-state index in [9.17, 15) is 13.2 Å². The van der Waals surface area contributed by atoms with Gasteiger partial charge in [0, 0.05) is 16.7 Å². The number of nitrogen functional groups attached to an aromatic ring is 1. The third kappa shape index (κ3) is 2.72. The zero-order valence-corrected chi connectivity index (χ0v) is 12.4. The summed E-state index contributed by atoms with van der Waals surface area (Å²) < 4.78 is 42.2. The van der Waals surface area contributed by atoms with Crippen LogP contribution in [0.2, 0.25) is 0 Å². The lowest BCUT2D eigenvalue weighted by Gasteiger charge is -2.15. The molecule has 0 radical (unpaired) electrons.